The number of hydrogen-bond donors (Lipinski definition) is 3. The molecule has 13 nitrogen and oxygen atoms in total. The van der Waals surface area contributed by atoms with Gasteiger partial charge in [-0.15, -0.1) is 0 Å². The number of ether oxygens (including phenoxy) is 3. The van der Waals surface area contributed by atoms with Gasteiger partial charge in [0.1, 0.15) is 0 Å². The van der Waals surface area contributed by atoms with E-state index in [-0.39, 0.29) is 17.9 Å². The van der Waals surface area contributed by atoms with Crippen molar-refractivity contribution >= 4 is 25.7 Å². The molecule has 3 N–H and O–H groups in total. The van der Waals surface area contributed by atoms with Crippen LogP contribution in [-0.2, 0) is 33.2 Å². The Hall–Kier alpha value is -2.38. The second kappa shape index (κ2) is 27.8. The Kier molecular flexibility index (Phi) is 30.9. The van der Waals surface area contributed by atoms with Crippen LogP contribution in [-0.4, -0.2) is 99.6 Å². The lowest BCUT2D eigenvalue weighted by atomic mass is 10.3. The molecule has 0 heterocycles. The summed E-state index contributed by atoms with van der Waals surface area (Å²) < 4.78 is 23.3. The molecule has 0 unspecified atom stereocenters. The van der Waals surface area contributed by atoms with Gasteiger partial charge in [0.15, 0.2) is 0 Å². The minimum Gasteiger partial charge on any atom is -0.822 e. The van der Waals surface area contributed by atoms with Gasteiger partial charge in [0.25, 0.3) is 0 Å². The summed E-state index contributed by atoms with van der Waals surface area (Å²) in [6.45, 7) is 20.0. The van der Waals surface area contributed by atoms with Crippen LogP contribution in [0.15, 0.2) is 36.5 Å². The molecular weight excluding hydrogens is 557 g/mol. The zero-order chi connectivity index (χ0) is 33.2. The fraction of sp³-hybridized carbons (Fsp3) is 0.667. The summed E-state index contributed by atoms with van der Waals surface area (Å²) in [4.78, 5) is 62.3. The standard InChI is InChI=1S/3C9H17NO2.H3O4P/c3*1-8(2)9(11)12-7-5-6-10(3)4;1-5(2,3)4/h3*1,5-7H2,2-4H3;(H3,1,2,3,4). The number of hydrogen-bond acceptors (Lipinski definition) is 10. The minimum absolute atomic E-state index is 0.288. The molecule has 0 saturated carbocycles. The van der Waals surface area contributed by atoms with Crippen LogP contribution in [0.5, 0.6) is 0 Å². The Balaban J connectivity index is -0.000000231. The normalized spacial score (nSPS) is 10.2. The molecule has 0 rings (SSSR count). The van der Waals surface area contributed by atoms with Crippen molar-refractivity contribution in [3.63, 3.8) is 0 Å². The Bertz CT molecular complexity index is 726. The Labute approximate surface area is 246 Å². The molecule has 0 aliphatic rings. The molecule has 0 aromatic rings. The summed E-state index contributed by atoms with van der Waals surface area (Å²) in [5, 5.41) is 0. The number of quaternary nitrogens is 3. The first kappa shape index (κ1) is 45.6. The molecule has 41 heavy (non-hydrogen) atoms. The third-order valence-corrected chi connectivity index (χ3v) is 4.21. The number of esters is 3. The third kappa shape index (κ3) is 50.9. The van der Waals surface area contributed by atoms with Crippen LogP contribution in [0.1, 0.15) is 40.0 Å². The molecule has 0 spiro atoms. The topological polar surface area (TPSA) is 178 Å². The van der Waals surface area contributed by atoms with Gasteiger partial charge in [-0.25, -0.2) is 14.4 Å². The van der Waals surface area contributed by atoms with Crippen molar-refractivity contribution in [1.82, 2.24) is 0 Å². The molecular formula is C27H54N3O10P. The van der Waals surface area contributed by atoms with Crippen LogP contribution in [0.4, 0.5) is 0 Å². The molecule has 0 atom stereocenters. The van der Waals surface area contributed by atoms with Crippen molar-refractivity contribution in [2.75, 3.05) is 81.7 Å². The van der Waals surface area contributed by atoms with E-state index in [9.17, 15) is 14.4 Å². The number of nitrogens with one attached hydrogen (secondary N) is 3. The van der Waals surface area contributed by atoms with Crippen molar-refractivity contribution in [2.45, 2.75) is 40.0 Å². The van der Waals surface area contributed by atoms with Crippen LogP contribution >= 0.6 is 7.82 Å². The highest BCUT2D eigenvalue weighted by molar-refractivity contribution is 7.40. The zero-order valence-corrected chi connectivity index (χ0v) is 27.4. The monoisotopic (exact) mass is 611 g/mol. The van der Waals surface area contributed by atoms with Gasteiger partial charge in [-0.05, 0) is 20.8 Å². The fourth-order valence-electron chi connectivity index (χ4n) is 2.14. The molecule has 242 valence electrons. The van der Waals surface area contributed by atoms with Crippen molar-refractivity contribution < 1.29 is 62.5 Å². The predicted octanol–water partition coefficient (Wildman–Crippen LogP) is -3.90. The van der Waals surface area contributed by atoms with E-state index in [1.807, 2.05) is 0 Å². The van der Waals surface area contributed by atoms with Gasteiger partial charge in [-0.1, -0.05) is 19.7 Å². The van der Waals surface area contributed by atoms with E-state index in [2.05, 4.69) is 62.0 Å². The lowest BCUT2D eigenvalue weighted by molar-refractivity contribution is -0.858. The van der Waals surface area contributed by atoms with Crippen LogP contribution < -0.4 is 29.4 Å². The SMILES string of the molecule is C=C(C)C(=O)OCCC[NH+](C)C.C=C(C)C(=O)OCCC[NH+](C)C.C=C(C)C(=O)OCCC[NH+](C)C.O=P([O-])([O-])[O-]. The average Bonchev–Trinajstić information content (AvgIpc) is 2.81. The maximum atomic E-state index is 10.9. The zero-order valence-electron chi connectivity index (χ0n) is 26.5. The van der Waals surface area contributed by atoms with Crippen LogP contribution in [0.2, 0.25) is 0 Å². The van der Waals surface area contributed by atoms with E-state index in [1.165, 1.54) is 14.7 Å². The van der Waals surface area contributed by atoms with Crippen LogP contribution in [0.3, 0.4) is 0 Å². The van der Waals surface area contributed by atoms with Gasteiger partial charge in [-0.3, -0.25) is 0 Å². The quantitative estimate of drug-likeness (QED) is 0.0545. The second-order valence-electron chi connectivity index (χ2n) is 10.1. The fourth-order valence-corrected chi connectivity index (χ4v) is 2.14. The second-order valence-corrected chi connectivity index (χ2v) is 11.0. The molecule has 0 aromatic carbocycles. The molecule has 0 aliphatic carbocycles. The lowest BCUT2D eigenvalue weighted by Crippen LogP contribution is -3.05. The first-order chi connectivity index (χ1) is 18.6. The molecule has 0 bridgehead atoms. The summed E-state index contributed by atoms with van der Waals surface area (Å²) >= 11 is 0. The largest absolute Gasteiger partial charge is 0.822 e. The van der Waals surface area contributed by atoms with Gasteiger partial charge < -0.3 is 48.2 Å². The summed E-state index contributed by atoms with van der Waals surface area (Å²) in [5.74, 6) is -0.865. The van der Waals surface area contributed by atoms with Gasteiger partial charge in [-0.2, -0.15) is 7.82 Å². The van der Waals surface area contributed by atoms with E-state index >= 15 is 0 Å². The van der Waals surface area contributed by atoms with Gasteiger partial charge >= 0.3 is 17.9 Å². The molecule has 0 amide bonds. The highest BCUT2D eigenvalue weighted by Crippen LogP contribution is 2.03. The average molecular weight is 612 g/mol. The highest BCUT2D eigenvalue weighted by atomic mass is 31.2. The predicted molar refractivity (Wildman–Crippen MR) is 152 cm³/mol. The number of carbonyl (C=O) groups is 3. The van der Waals surface area contributed by atoms with E-state index in [4.69, 9.17) is 33.5 Å². The van der Waals surface area contributed by atoms with Crippen molar-refractivity contribution in [3.8, 4) is 0 Å². The first-order valence-corrected chi connectivity index (χ1v) is 14.7. The maximum Gasteiger partial charge on any atom is 0.333 e. The molecule has 0 saturated heterocycles. The number of carbonyl (C=O) groups excluding carboxylic acids is 3. The molecule has 0 aliphatic heterocycles. The van der Waals surface area contributed by atoms with Crippen LogP contribution in [0.25, 0.3) is 0 Å². The third-order valence-electron chi connectivity index (χ3n) is 4.21. The van der Waals surface area contributed by atoms with E-state index in [0.717, 1.165) is 38.9 Å². The van der Waals surface area contributed by atoms with Gasteiger partial charge in [0.05, 0.1) is 81.7 Å². The Morgan fingerprint density at radius 1 is 0.561 bits per heavy atom. The van der Waals surface area contributed by atoms with E-state index in [1.54, 1.807) is 20.8 Å². The van der Waals surface area contributed by atoms with Gasteiger partial charge in [0, 0.05) is 36.0 Å². The minimum atomic E-state index is -5.39. The van der Waals surface area contributed by atoms with Crippen molar-refractivity contribution in [1.29, 1.82) is 0 Å². The number of rotatable bonds is 15. The smallest absolute Gasteiger partial charge is 0.333 e. The number of phosphoric acid groups is 1. The maximum absolute atomic E-state index is 10.9. The lowest BCUT2D eigenvalue weighted by Gasteiger charge is -2.36. The molecule has 0 aromatic heterocycles. The first-order valence-electron chi connectivity index (χ1n) is 13.2. The summed E-state index contributed by atoms with van der Waals surface area (Å²) in [5.41, 5.74) is 1.40. The van der Waals surface area contributed by atoms with Crippen molar-refractivity contribution in [2.24, 2.45) is 0 Å². The van der Waals surface area contributed by atoms with E-state index in [0.29, 0.717) is 36.5 Å². The van der Waals surface area contributed by atoms with Crippen LogP contribution in [0, 0.1) is 0 Å². The van der Waals surface area contributed by atoms with E-state index < -0.39 is 7.82 Å². The summed E-state index contributed by atoms with van der Waals surface area (Å²) in [6, 6.07) is 0. The summed E-state index contributed by atoms with van der Waals surface area (Å²) in [6.07, 6.45) is 2.71. The Morgan fingerprint density at radius 3 is 0.854 bits per heavy atom. The highest BCUT2D eigenvalue weighted by Gasteiger charge is 2.04. The molecule has 14 heteroatoms. The molecule has 0 fully saturated rings. The summed E-state index contributed by atoms with van der Waals surface area (Å²) in [7, 11) is 7.03. The van der Waals surface area contributed by atoms with Crippen molar-refractivity contribution in [3.05, 3.63) is 36.5 Å². The molecule has 0 radical (unpaired) electrons. The van der Waals surface area contributed by atoms with Gasteiger partial charge in [0.2, 0.25) is 0 Å². The Morgan fingerprint density at radius 2 is 0.732 bits per heavy atom.